The molecule has 2 rings (SSSR count). The van der Waals surface area contributed by atoms with E-state index < -0.39 is 0 Å². The SMILES string of the molecule is CCCNc1nc(-c2cnn(CC)c2)nc(C)c1C(C)C. The van der Waals surface area contributed by atoms with Crippen molar-refractivity contribution in [3.63, 3.8) is 0 Å². The lowest BCUT2D eigenvalue weighted by atomic mass is 10.0. The highest BCUT2D eigenvalue weighted by molar-refractivity contribution is 5.59. The van der Waals surface area contributed by atoms with Gasteiger partial charge in [-0.3, -0.25) is 4.68 Å². The fraction of sp³-hybridized carbons (Fsp3) is 0.562. The first-order valence-corrected chi connectivity index (χ1v) is 7.72. The van der Waals surface area contributed by atoms with Gasteiger partial charge in [-0.05, 0) is 26.2 Å². The van der Waals surface area contributed by atoms with Crippen LogP contribution in [0.1, 0.15) is 51.3 Å². The molecule has 0 atom stereocenters. The van der Waals surface area contributed by atoms with Gasteiger partial charge in [-0.2, -0.15) is 5.10 Å². The molecule has 0 saturated heterocycles. The van der Waals surface area contributed by atoms with Gasteiger partial charge in [0.05, 0.1) is 11.8 Å². The molecular weight excluding hydrogens is 262 g/mol. The Labute approximate surface area is 126 Å². The minimum atomic E-state index is 0.400. The molecule has 0 saturated carbocycles. The van der Waals surface area contributed by atoms with Crippen molar-refractivity contribution in [2.24, 2.45) is 0 Å². The van der Waals surface area contributed by atoms with Gasteiger partial charge in [0.15, 0.2) is 5.82 Å². The number of aryl methyl sites for hydroxylation is 2. The maximum atomic E-state index is 4.73. The van der Waals surface area contributed by atoms with E-state index in [1.165, 1.54) is 5.56 Å². The molecule has 2 aromatic heterocycles. The Morgan fingerprint density at radius 1 is 1.24 bits per heavy atom. The molecular formula is C16H25N5. The number of nitrogens with zero attached hydrogens (tertiary/aromatic N) is 4. The fourth-order valence-corrected chi connectivity index (χ4v) is 2.43. The summed E-state index contributed by atoms with van der Waals surface area (Å²) in [4.78, 5) is 9.41. The molecule has 2 heterocycles. The Balaban J connectivity index is 2.45. The van der Waals surface area contributed by atoms with Crippen LogP contribution in [-0.2, 0) is 6.54 Å². The number of hydrogen-bond acceptors (Lipinski definition) is 4. The predicted molar refractivity (Wildman–Crippen MR) is 86.5 cm³/mol. The predicted octanol–water partition coefficient (Wildman–Crippen LogP) is 3.61. The lowest BCUT2D eigenvalue weighted by molar-refractivity contribution is 0.660. The van der Waals surface area contributed by atoms with Crippen LogP contribution in [0.15, 0.2) is 12.4 Å². The molecule has 0 amide bonds. The second-order valence-corrected chi connectivity index (χ2v) is 5.56. The Morgan fingerprint density at radius 2 is 2.00 bits per heavy atom. The summed E-state index contributed by atoms with van der Waals surface area (Å²) in [6.07, 6.45) is 4.90. The lowest BCUT2D eigenvalue weighted by Gasteiger charge is -2.16. The maximum absolute atomic E-state index is 4.73. The van der Waals surface area contributed by atoms with Crippen LogP contribution in [0, 0.1) is 6.92 Å². The molecule has 0 aliphatic heterocycles. The normalized spacial score (nSPS) is 11.1. The summed E-state index contributed by atoms with van der Waals surface area (Å²) in [5, 5.41) is 7.74. The van der Waals surface area contributed by atoms with E-state index in [9.17, 15) is 0 Å². The first kappa shape index (κ1) is 15.5. The molecule has 1 N–H and O–H groups in total. The van der Waals surface area contributed by atoms with E-state index in [1.807, 2.05) is 17.1 Å². The highest BCUT2D eigenvalue weighted by Crippen LogP contribution is 2.28. The van der Waals surface area contributed by atoms with Gasteiger partial charge in [0.2, 0.25) is 0 Å². The zero-order chi connectivity index (χ0) is 15.4. The molecule has 0 aromatic carbocycles. The summed E-state index contributed by atoms with van der Waals surface area (Å²) in [5.41, 5.74) is 3.21. The summed E-state index contributed by atoms with van der Waals surface area (Å²) in [5.74, 6) is 2.10. The fourth-order valence-electron chi connectivity index (χ4n) is 2.43. The van der Waals surface area contributed by atoms with Gasteiger partial charge in [-0.1, -0.05) is 20.8 Å². The van der Waals surface area contributed by atoms with Crippen LogP contribution in [0.3, 0.4) is 0 Å². The average molecular weight is 287 g/mol. The van der Waals surface area contributed by atoms with E-state index in [0.717, 1.165) is 42.4 Å². The molecule has 0 fully saturated rings. The smallest absolute Gasteiger partial charge is 0.164 e. The lowest BCUT2D eigenvalue weighted by Crippen LogP contribution is -2.10. The van der Waals surface area contributed by atoms with Gasteiger partial charge in [0.25, 0.3) is 0 Å². The Kier molecular flexibility index (Phi) is 4.94. The highest BCUT2D eigenvalue weighted by Gasteiger charge is 2.16. The van der Waals surface area contributed by atoms with E-state index in [0.29, 0.717) is 5.92 Å². The minimum Gasteiger partial charge on any atom is -0.370 e. The summed E-state index contributed by atoms with van der Waals surface area (Å²) in [7, 11) is 0. The molecule has 0 unspecified atom stereocenters. The van der Waals surface area contributed by atoms with Crippen molar-refractivity contribution in [2.45, 2.75) is 53.5 Å². The summed E-state index contributed by atoms with van der Waals surface area (Å²) < 4.78 is 1.89. The Bertz CT molecular complexity index is 601. The number of anilines is 1. The first-order chi connectivity index (χ1) is 10.1. The van der Waals surface area contributed by atoms with Gasteiger partial charge in [-0.25, -0.2) is 9.97 Å². The van der Waals surface area contributed by atoms with Crippen LogP contribution in [0.5, 0.6) is 0 Å². The first-order valence-electron chi connectivity index (χ1n) is 7.72. The standard InChI is InChI=1S/C16H25N5/c1-6-8-17-16-14(11(3)4)12(5)19-15(20-16)13-9-18-21(7-2)10-13/h9-11H,6-8H2,1-5H3,(H,17,19,20). The number of aromatic nitrogens is 4. The molecule has 0 spiro atoms. The molecule has 114 valence electrons. The largest absolute Gasteiger partial charge is 0.370 e. The summed E-state index contributed by atoms with van der Waals surface area (Å²) in [6.45, 7) is 12.4. The van der Waals surface area contributed by atoms with E-state index in [1.54, 1.807) is 0 Å². The van der Waals surface area contributed by atoms with Crippen LogP contribution in [0.2, 0.25) is 0 Å². The second-order valence-electron chi connectivity index (χ2n) is 5.56. The molecule has 21 heavy (non-hydrogen) atoms. The monoisotopic (exact) mass is 287 g/mol. The molecule has 2 aromatic rings. The third kappa shape index (κ3) is 3.40. The van der Waals surface area contributed by atoms with E-state index in [-0.39, 0.29) is 0 Å². The highest BCUT2D eigenvalue weighted by atomic mass is 15.3. The molecule has 0 aliphatic rings. The van der Waals surface area contributed by atoms with Crippen LogP contribution < -0.4 is 5.32 Å². The topological polar surface area (TPSA) is 55.6 Å². The van der Waals surface area contributed by atoms with E-state index in [2.05, 4.69) is 50.0 Å². The van der Waals surface area contributed by atoms with E-state index in [4.69, 9.17) is 4.98 Å². The van der Waals surface area contributed by atoms with Crippen molar-refractivity contribution in [1.82, 2.24) is 19.7 Å². The van der Waals surface area contributed by atoms with Crippen LogP contribution in [-0.4, -0.2) is 26.3 Å². The van der Waals surface area contributed by atoms with Crippen molar-refractivity contribution >= 4 is 5.82 Å². The molecule has 0 bridgehead atoms. The van der Waals surface area contributed by atoms with Crippen molar-refractivity contribution in [3.8, 4) is 11.4 Å². The van der Waals surface area contributed by atoms with Crippen molar-refractivity contribution in [1.29, 1.82) is 0 Å². The Morgan fingerprint density at radius 3 is 2.57 bits per heavy atom. The third-order valence-electron chi connectivity index (χ3n) is 3.47. The minimum absolute atomic E-state index is 0.400. The maximum Gasteiger partial charge on any atom is 0.164 e. The van der Waals surface area contributed by atoms with Gasteiger partial charge >= 0.3 is 0 Å². The van der Waals surface area contributed by atoms with Gasteiger partial charge in [0, 0.05) is 30.5 Å². The number of nitrogens with one attached hydrogen (secondary N) is 1. The molecule has 5 nitrogen and oxygen atoms in total. The molecule has 0 radical (unpaired) electrons. The number of hydrogen-bond donors (Lipinski definition) is 1. The van der Waals surface area contributed by atoms with Gasteiger partial charge in [-0.15, -0.1) is 0 Å². The van der Waals surface area contributed by atoms with Gasteiger partial charge in [0.1, 0.15) is 5.82 Å². The average Bonchev–Trinajstić information content (AvgIpc) is 2.92. The zero-order valence-electron chi connectivity index (χ0n) is 13.6. The van der Waals surface area contributed by atoms with Crippen molar-refractivity contribution < 1.29 is 0 Å². The quantitative estimate of drug-likeness (QED) is 0.881. The van der Waals surface area contributed by atoms with Crippen LogP contribution in [0.25, 0.3) is 11.4 Å². The summed E-state index contributed by atoms with van der Waals surface area (Å²) >= 11 is 0. The number of rotatable bonds is 6. The zero-order valence-corrected chi connectivity index (χ0v) is 13.6. The van der Waals surface area contributed by atoms with E-state index >= 15 is 0 Å². The molecule has 5 heteroatoms. The third-order valence-corrected chi connectivity index (χ3v) is 3.47. The Hall–Kier alpha value is -1.91. The molecule has 0 aliphatic carbocycles. The summed E-state index contributed by atoms with van der Waals surface area (Å²) in [6, 6.07) is 0. The van der Waals surface area contributed by atoms with Crippen LogP contribution >= 0.6 is 0 Å². The van der Waals surface area contributed by atoms with Crippen LogP contribution in [0.4, 0.5) is 5.82 Å². The second kappa shape index (κ2) is 6.70. The van der Waals surface area contributed by atoms with Crippen molar-refractivity contribution in [2.75, 3.05) is 11.9 Å². The van der Waals surface area contributed by atoms with Crippen molar-refractivity contribution in [3.05, 3.63) is 23.7 Å². The van der Waals surface area contributed by atoms with Gasteiger partial charge < -0.3 is 5.32 Å².